The molecule has 0 aliphatic heterocycles. The fourth-order valence-corrected chi connectivity index (χ4v) is 3.19. The van der Waals surface area contributed by atoms with Crippen molar-refractivity contribution in [3.63, 3.8) is 0 Å². The van der Waals surface area contributed by atoms with E-state index in [2.05, 4.69) is 13.8 Å². The van der Waals surface area contributed by atoms with E-state index >= 15 is 0 Å². The molecule has 78 valence electrons. The molecule has 14 heavy (non-hydrogen) atoms. The fourth-order valence-electron chi connectivity index (χ4n) is 3.19. The highest BCUT2D eigenvalue weighted by atomic mass is 16.5. The van der Waals surface area contributed by atoms with Crippen LogP contribution in [0.5, 0.6) is 0 Å². The molecule has 3 nitrogen and oxygen atoms in total. The molecule has 2 atom stereocenters. The second-order valence-electron chi connectivity index (χ2n) is 5.36. The summed E-state index contributed by atoms with van der Waals surface area (Å²) in [6.07, 6.45) is 1.91. The van der Waals surface area contributed by atoms with Crippen LogP contribution in [0.25, 0.3) is 0 Å². The van der Waals surface area contributed by atoms with Gasteiger partial charge in [0, 0.05) is 5.41 Å². The van der Waals surface area contributed by atoms with E-state index in [0.29, 0.717) is 5.71 Å². The van der Waals surface area contributed by atoms with Crippen LogP contribution in [0.2, 0.25) is 0 Å². The summed E-state index contributed by atoms with van der Waals surface area (Å²) in [4.78, 5) is 12.1. The van der Waals surface area contributed by atoms with Crippen molar-refractivity contribution in [1.82, 2.24) is 0 Å². The number of fused-ring (bicyclic) bond motifs is 2. The maximum atomic E-state index is 12.1. The highest BCUT2D eigenvalue weighted by Gasteiger charge is 2.68. The van der Waals surface area contributed by atoms with Crippen LogP contribution >= 0.6 is 0 Å². The van der Waals surface area contributed by atoms with Crippen molar-refractivity contribution in [2.45, 2.75) is 33.6 Å². The Morgan fingerprint density at radius 3 is 2.29 bits per heavy atom. The molecule has 0 saturated heterocycles. The Hall–Kier alpha value is -0.860. The predicted molar refractivity (Wildman–Crippen MR) is 54.2 cm³/mol. The summed E-state index contributed by atoms with van der Waals surface area (Å²) in [7, 11) is 1.44. The number of hydroxylamine groups is 1. The van der Waals surface area contributed by atoms with E-state index < -0.39 is 0 Å². The average molecular weight is 195 g/mol. The average Bonchev–Trinajstić information content (AvgIpc) is 2.35. The minimum absolute atomic E-state index is 0.0436. The van der Waals surface area contributed by atoms with Gasteiger partial charge in [-0.3, -0.25) is 4.79 Å². The summed E-state index contributed by atoms with van der Waals surface area (Å²) in [5, 5.41) is 11.3. The molecule has 2 saturated carbocycles. The Morgan fingerprint density at radius 1 is 1.43 bits per heavy atom. The number of Topliss-reactive ketones (excluding diaryl/α,β-unsaturated/α-hetero) is 1. The van der Waals surface area contributed by atoms with Crippen molar-refractivity contribution in [1.29, 1.82) is 0 Å². The van der Waals surface area contributed by atoms with Crippen LogP contribution in [0.4, 0.5) is 0 Å². The molecule has 2 fully saturated rings. The second-order valence-corrected chi connectivity index (χ2v) is 5.36. The molecule has 0 unspecified atom stereocenters. The summed E-state index contributed by atoms with van der Waals surface area (Å²) in [5.41, 5.74) is 0.160. The maximum absolute atomic E-state index is 12.1. The zero-order chi connectivity index (χ0) is 10.7. The smallest absolute Gasteiger partial charge is 0.234 e. The van der Waals surface area contributed by atoms with Crippen molar-refractivity contribution in [3.8, 4) is 0 Å². The van der Waals surface area contributed by atoms with Gasteiger partial charge in [-0.05, 0) is 18.3 Å². The van der Waals surface area contributed by atoms with Gasteiger partial charge in [0.1, 0.15) is 7.05 Å². The van der Waals surface area contributed by atoms with Gasteiger partial charge in [-0.15, -0.1) is 0 Å². The topological polar surface area (TPSA) is 43.1 Å². The molecule has 0 radical (unpaired) electrons. The highest BCUT2D eigenvalue weighted by Crippen LogP contribution is 2.62. The lowest BCUT2D eigenvalue weighted by Gasteiger charge is -2.30. The molecular formula is C11H17NO2. The molecule has 0 aromatic rings. The largest absolute Gasteiger partial charge is 0.624 e. The molecule has 2 rings (SSSR count). The summed E-state index contributed by atoms with van der Waals surface area (Å²) in [5.74, 6) is 0.249. The first-order chi connectivity index (χ1) is 6.32. The second kappa shape index (κ2) is 2.38. The molecule has 3 heteroatoms. The number of hydrogen-bond acceptors (Lipinski definition) is 2. The number of carbonyl (C=O) groups excluding carboxylic acids is 1. The molecular weight excluding hydrogens is 178 g/mol. The van der Waals surface area contributed by atoms with Crippen LogP contribution in [0.1, 0.15) is 33.6 Å². The number of rotatable bonds is 0. The number of ketones is 1. The molecule has 2 aliphatic carbocycles. The van der Waals surface area contributed by atoms with Gasteiger partial charge in [-0.2, -0.15) is 0 Å². The van der Waals surface area contributed by atoms with Gasteiger partial charge in [0.05, 0.1) is 5.92 Å². The van der Waals surface area contributed by atoms with Crippen LogP contribution in [0.15, 0.2) is 0 Å². The molecule has 2 aliphatic rings. The summed E-state index contributed by atoms with van der Waals surface area (Å²) in [6.45, 7) is 6.23. The Morgan fingerprint density at radius 2 is 2.00 bits per heavy atom. The molecule has 2 bridgehead atoms. The molecule has 0 aromatic carbocycles. The lowest BCUT2D eigenvalue weighted by Crippen LogP contribution is -2.35. The van der Waals surface area contributed by atoms with Gasteiger partial charge in [0.15, 0.2) is 0 Å². The molecule has 0 heterocycles. The predicted octanol–water partition coefficient (Wildman–Crippen LogP) is 1.59. The minimum atomic E-state index is -0.300. The van der Waals surface area contributed by atoms with Gasteiger partial charge < -0.3 is 5.21 Å². The SMILES string of the molecule is C/[N+]([O-])=C1\C(=O)[C@]2(C)CC[C@H]1C2(C)C. The van der Waals surface area contributed by atoms with Crippen molar-refractivity contribution >= 4 is 11.5 Å². The van der Waals surface area contributed by atoms with Gasteiger partial charge in [-0.1, -0.05) is 20.8 Å². The molecule has 0 amide bonds. The van der Waals surface area contributed by atoms with Gasteiger partial charge >= 0.3 is 0 Å². The quantitative estimate of drug-likeness (QED) is 0.335. The van der Waals surface area contributed by atoms with Gasteiger partial charge in [-0.25, -0.2) is 4.74 Å². The van der Waals surface area contributed by atoms with Crippen molar-refractivity contribution in [2.75, 3.05) is 7.05 Å². The lowest BCUT2D eigenvalue weighted by molar-refractivity contribution is -0.424. The minimum Gasteiger partial charge on any atom is -0.624 e. The summed E-state index contributed by atoms with van der Waals surface area (Å²) < 4.78 is 0.777. The normalized spacial score (nSPS) is 43.1. The Bertz CT molecular complexity index is 339. The Balaban J connectivity index is 2.61. The van der Waals surface area contributed by atoms with E-state index in [1.54, 1.807) is 0 Å². The zero-order valence-corrected chi connectivity index (χ0v) is 9.26. The van der Waals surface area contributed by atoms with E-state index in [1.165, 1.54) is 7.05 Å². The molecule has 0 spiro atoms. The third-order valence-electron chi connectivity index (χ3n) is 4.63. The van der Waals surface area contributed by atoms with Crippen molar-refractivity contribution < 1.29 is 9.53 Å². The number of hydrogen-bond donors (Lipinski definition) is 0. The Kier molecular flexibility index (Phi) is 1.65. The first kappa shape index (κ1) is 9.69. The van der Waals surface area contributed by atoms with E-state index in [1.807, 2.05) is 6.92 Å². The van der Waals surface area contributed by atoms with Crippen LogP contribution in [0, 0.1) is 22.0 Å². The summed E-state index contributed by atoms with van der Waals surface area (Å²) in [6, 6.07) is 0. The number of nitrogens with zero attached hydrogens (tertiary/aromatic N) is 1. The van der Waals surface area contributed by atoms with Crippen molar-refractivity contribution in [3.05, 3.63) is 5.21 Å². The third-order valence-corrected chi connectivity index (χ3v) is 4.63. The van der Waals surface area contributed by atoms with E-state index in [0.717, 1.165) is 17.6 Å². The highest BCUT2D eigenvalue weighted by molar-refractivity contribution is 6.43. The monoisotopic (exact) mass is 195 g/mol. The third kappa shape index (κ3) is 0.787. The maximum Gasteiger partial charge on any atom is 0.234 e. The first-order valence-electron chi connectivity index (χ1n) is 5.15. The molecule has 0 aromatic heterocycles. The fraction of sp³-hybridized carbons (Fsp3) is 0.818. The van der Waals surface area contributed by atoms with Crippen molar-refractivity contribution in [2.24, 2.45) is 16.7 Å². The lowest BCUT2D eigenvalue weighted by atomic mass is 9.70. The standard InChI is InChI=1S/C11H17NO2/c1-10(2)7-5-6-11(10,3)9(13)8(7)12(4)14/h7H,5-6H2,1-4H3/b12-8+/t7-,11+/m1/s1. The van der Waals surface area contributed by atoms with Crippen LogP contribution in [0.3, 0.4) is 0 Å². The molecule has 0 N–H and O–H groups in total. The van der Waals surface area contributed by atoms with Crippen LogP contribution in [-0.4, -0.2) is 23.3 Å². The van der Waals surface area contributed by atoms with E-state index in [4.69, 9.17) is 0 Å². The van der Waals surface area contributed by atoms with E-state index in [-0.39, 0.29) is 22.5 Å². The summed E-state index contributed by atoms with van der Waals surface area (Å²) >= 11 is 0. The first-order valence-corrected chi connectivity index (χ1v) is 5.15. The zero-order valence-electron chi connectivity index (χ0n) is 9.26. The van der Waals surface area contributed by atoms with Crippen LogP contribution in [-0.2, 0) is 4.79 Å². The van der Waals surface area contributed by atoms with Gasteiger partial charge in [0.2, 0.25) is 11.5 Å². The van der Waals surface area contributed by atoms with E-state index in [9.17, 15) is 10.0 Å². The van der Waals surface area contributed by atoms with Gasteiger partial charge in [0.25, 0.3) is 0 Å². The van der Waals surface area contributed by atoms with Crippen LogP contribution < -0.4 is 0 Å². The Labute approximate surface area is 84.4 Å². The number of carbonyl (C=O) groups is 1.